The third-order valence-electron chi connectivity index (χ3n) is 4.63. The van der Waals surface area contributed by atoms with Gasteiger partial charge in [-0.05, 0) is 61.2 Å². The van der Waals surface area contributed by atoms with Crippen LogP contribution in [-0.2, 0) is 17.6 Å². The fraction of sp³-hybridized carbons (Fsp3) is 0.143. The second-order valence-electron chi connectivity index (χ2n) is 6.57. The van der Waals surface area contributed by atoms with E-state index in [1.54, 1.807) is 36.4 Å². The molecule has 0 aliphatic heterocycles. The largest absolute Gasteiger partial charge is 0.457 e. The molecule has 0 saturated carbocycles. The maximum atomic E-state index is 12.3. The summed E-state index contributed by atoms with van der Waals surface area (Å²) in [5.41, 5.74) is 7.63. The number of benzene rings is 1. The highest BCUT2D eigenvalue weighted by molar-refractivity contribution is 7.17. The third kappa shape index (κ3) is 4.10. The number of nitrogens with two attached hydrogens (primary N) is 1. The van der Waals surface area contributed by atoms with E-state index >= 15 is 0 Å². The maximum Gasteiger partial charge on any atom is 0.251 e. The Kier molecular flexibility index (Phi) is 5.50. The quantitative estimate of drug-likeness (QED) is 0.503. The molecule has 0 bridgehead atoms. The zero-order chi connectivity index (χ0) is 20.5. The minimum absolute atomic E-state index is 0.366. The lowest BCUT2D eigenvalue weighted by atomic mass is 10.1. The zero-order valence-corrected chi connectivity index (χ0v) is 17.5. The van der Waals surface area contributed by atoms with E-state index < -0.39 is 5.91 Å². The van der Waals surface area contributed by atoms with Crippen LogP contribution in [0.15, 0.2) is 40.8 Å². The molecule has 2 heterocycles. The Morgan fingerprint density at radius 2 is 2.00 bits per heavy atom. The average molecular weight is 447 g/mol. The van der Waals surface area contributed by atoms with Gasteiger partial charge < -0.3 is 15.5 Å². The first-order chi connectivity index (χ1) is 13.9. The van der Waals surface area contributed by atoms with Crippen molar-refractivity contribution in [1.29, 1.82) is 0 Å². The zero-order valence-electron chi connectivity index (χ0n) is 15.1. The molecule has 0 saturated heterocycles. The first kappa shape index (κ1) is 19.8. The third-order valence-corrected chi connectivity index (χ3v) is 6.38. The molecule has 1 aliphatic rings. The van der Waals surface area contributed by atoms with E-state index in [1.165, 1.54) is 17.4 Å². The summed E-state index contributed by atoms with van der Waals surface area (Å²) in [6.45, 7) is 0. The first-order valence-electron chi connectivity index (χ1n) is 8.91. The highest BCUT2D eigenvalue weighted by atomic mass is 35.5. The number of hydrogen-bond donors (Lipinski definition) is 2. The van der Waals surface area contributed by atoms with Crippen molar-refractivity contribution in [3.05, 3.63) is 68.2 Å². The molecule has 4 rings (SSSR count). The SMILES string of the molecule is NC(=O)c1c(NC(=O)/C=C/c2ccc(-c3ccc(Cl)cc3Cl)o2)sc2c1CCC2. The Bertz CT molecular complexity index is 1150. The standard InChI is InChI=1S/C21H16Cl2N2O3S/c22-11-4-7-13(15(23)10-11)16-8-5-12(28-16)6-9-18(26)25-21-19(20(24)27)14-2-1-3-17(14)29-21/h4-10H,1-3H2,(H2,24,27)(H,25,26)/b9-6+. The van der Waals surface area contributed by atoms with E-state index in [-0.39, 0.29) is 5.91 Å². The lowest BCUT2D eigenvalue weighted by Gasteiger charge is -2.03. The van der Waals surface area contributed by atoms with Crippen molar-refractivity contribution in [2.24, 2.45) is 5.73 Å². The fourth-order valence-corrected chi connectivity index (χ4v) is 5.14. The average Bonchev–Trinajstić information content (AvgIpc) is 3.35. The molecule has 2 amide bonds. The molecule has 3 N–H and O–H groups in total. The summed E-state index contributed by atoms with van der Waals surface area (Å²) >= 11 is 13.5. The topological polar surface area (TPSA) is 85.3 Å². The van der Waals surface area contributed by atoms with Gasteiger partial charge in [-0.3, -0.25) is 9.59 Å². The van der Waals surface area contributed by atoms with Gasteiger partial charge >= 0.3 is 0 Å². The fourth-order valence-electron chi connectivity index (χ4n) is 3.34. The normalized spacial score (nSPS) is 13.0. The van der Waals surface area contributed by atoms with Gasteiger partial charge in [0, 0.05) is 21.5 Å². The van der Waals surface area contributed by atoms with Crippen molar-refractivity contribution >= 4 is 57.4 Å². The van der Waals surface area contributed by atoms with Crippen LogP contribution in [0.1, 0.15) is 33.0 Å². The predicted molar refractivity (Wildman–Crippen MR) is 117 cm³/mol. The number of aryl methyl sites for hydroxylation is 1. The van der Waals surface area contributed by atoms with Gasteiger partial charge in [0.2, 0.25) is 5.91 Å². The molecule has 3 aromatic rings. The van der Waals surface area contributed by atoms with Crippen LogP contribution < -0.4 is 11.1 Å². The van der Waals surface area contributed by atoms with E-state index in [2.05, 4.69) is 5.32 Å². The van der Waals surface area contributed by atoms with Gasteiger partial charge in [0.05, 0.1) is 10.6 Å². The smallest absolute Gasteiger partial charge is 0.251 e. The summed E-state index contributed by atoms with van der Waals surface area (Å²) in [7, 11) is 0. The van der Waals surface area contributed by atoms with Crippen LogP contribution in [0.2, 0.25) is 10.0 Å². The molecule has 1 aliphatic carbocycles. The van der Waals surface area contributed by atoms with E-state index in [4.69, 9.17) is 33.4 Å². The lowest BCUT2D eigenvalue weighted by Crippen LogP contribution is -2.16. The minimum Gasteiger partial charge on any atom is -0.457 e. The number of primary amides is 1. The molecule has 0 unspecified atom stereocenters. The van der Waals surface area contributed by atoms with Crippen LogP contribution in [0, 0.1) is 0 Å². The molecule has 2 aromatic heterocycles. The van der Waals surface area contributed by atoms with Crippen LogP contribution in [0.25, 0.3) is 17.4 Å². The molecule has 8 heteroatoms. The molecule has 0 atom stereocenters. The Balaban J connectivity index is 1.49. The van der Waals surface area contributed by atoms with E-state index in [0.717, 1.165) is 29.7 Å². The van der Waals surface area contributed by atoms with Crippen LogP contribution in [0.5, 0.6) is 0 Å². The maximum absolute atomic E-state index is 12.3. The summed E-state index contributed by atoms with van der Waals surface area (Å²) in [6.07, 6.45) is 5.64. The summed E-state index contributed by atoms with van der Waals surface area (Å²) in [4.78, 5) is 25.3. The molecule has 0 spiro atoms. The predicted octanol–water partition coefficient (Wildman–Crippen LogP) is 5.55. The molecular weight excluding hydrogens is 431 g/mol. The molecule has 0 fully saturated rings. The Labute approximate surface area is 181 Å². The first-order valence-corrected chi connectivity index (χ1v) is 10.5. The number of carbonyl (C=O) groups excluding carboxylic acids is 2. The van der Waals surface area contributed by atoms with Gasteiger partial charge in [-0.15, -0.1) is 11.3 Å². The van der Waals surface area contributed by atoms with Crippen LogP contribution in [-0.4, -0.2) is 11.8 Å². The Hall–Kier alpha value is -2.54. The van der Waals surface area contributed by atoms with Crippen molar-refractivity contribution in [2.75, 3.05) is 5.32 Å². The molecule has 29 heavy (non-hydrogen) atoms. The second-order valence-corrected chi connectivity index (χ2v) is 8.52. The summed E-state index contributed by atoms with van der Waals surface area (Å²) < 4.78 is 5.74. The van der Waals surface area contributed by atoms with Gasteiger partial charge in [-0.1, -0.05) is 23.2 Å². The molecule has 5 nitrogen and oxygen atoms in total. The second kappa shape index (κ2) is 8.06. The molecule has 0 radical (unpaired) electrons. The van der Waals surface area contributed by atoms with E-state index in [1.807, 2.05) is 0 Å². The number of nitrogens with one attached hydrogen (secondary N) is 1. The van der Waals surface area contributed by atoms with Crippen LogP contribution >= 0.6 is 34.5 Å². The van der Waals surface area contributed by atoms with Crippen molar-refractivity contribution in [3.8, 4) is 11.3 Å². The number of thiophene rings is 1. The van der Waals surface area contributed by atoms with Crippen LogP contribution in [0.3, 0.4) is 0 Å². The number of furan rings is 1. The summed E-state index contributed by atoms with van der Waals surface area (Å²) in [5.74, 6) is 0.177. The molecule has 1 aromatic carbocycles. The van der Waals surface area contributed by atoms with Gasteiger partial charge in [-0.2, -0.15) is 0 Å². The highest BCUT2D eigenvalue weighted by Gasteiger charge is 2.25. The number of anilines is 1. The Morgan fingerprint density at radius 1 is 1.17 bits per heavy atom. The summed E-state index contributed by atoms with van der Waals surface area (Å²) in [5, 5.41) is 4.28. The van der Waals surface area contributed by atoms with Gasteiger partial charge in [0.1, 0.15) is 16.5 Å². The van der Waals surface area contributed by atoms with Crippen molar-refractivity contribution in [1.82, 2.24) is 0 Å². The number of fused-ring (bicyclic) bond motifs is 1. The van der Waals surface area contributed by atoms with Gasteiger partial charge in [0.25, 0.3) is 5.91 Å². The number of rotatable bonds is 5. The van der Waals surface area contributed by atoms with Gasteiger partial charge in [-0.25, -0.2) is 0 Å². The highest BCUT2D eigenvalue weighted by Crippen LogP contribution is 2.39. The molecular formula is C21H16Cl2N2O3S. The number of halogens is 2. The van der Waals surface area contributed by atoms with E-state index in [9.17, 15) is 9.59 Å². The number of amides is 2. The summed E-state index contributed by atoms with van der Waals surface area (Å²) in [6, 6.07) is 8.63. The monoisotopic (exact) mass is 446 g/mol. The number of carbonyl (C=O) groups is 2. The minimum atomic E-state index is -0.515. The lowest BCUT2D eigenvalue weighted by molar-refractivity contribution is -0.111. The number of hydrogen-bond acceptors (Lipinski definition) is 4. The van der Waals surface area contributed by atoms with Crippen molar-refractivity contribution < 1.29 is 14.0 Å². The Morgan fingerprint density at radius 3 is 2.76 bits per heavy atom. The van der Waals surface area contributed by atoms with Crippen molar-refractivity contribution in [3.63, 3.8) is 0 Å². The van der Waals surface area contributed by atoms with Crippen molar-refractivity contribution in [2.45, 2.75) is 19.3 Å². The van der Waals surface area contributed by atoms with E-state index in [0.29, 0.717) is 37.7 Å². The molecule has 148 valence electrons. The van der Waals surface area contributed by atoms with Crippen LogP contribution in [0.4, 0.5) is 5.00 Å². The van der Waals surface area contributed by atoms with Gasteiger partial charge in [0.15, 0.2) is 0 Å².